The number of nitrogens with zero attached hydrogens (tertiary/aromatic N) is 2. The summed E-state index contributed by atoms with van der Waals surface area (Å²) in [6.45, 7) is 4.39. The van der Waals surface area contributed by atoms with Crippen LogP contribution in [0.25, 0.3) is 22.4 Å². The van der Waals surface area contributed by atoms with Gasteiger partial charge < -0.3 is 10.2 Å². The molecule has 2 N–H and O–H groups in total. The first-order valence-corrected chi connectivity index (χ1v) is 6.22. The molecule has 19 heavy (non-hydrogen) atoms. The highest BCUT2D eigenvalue weighted by Crippen LogP contribution is 2.31. The number of rotatable bonds is 2. The summed E-state index contributed by atoms with van der Waals surface area (Å²) in [5.41, 5.74) is 10.2. The average Bonchev–Trinajstić information content (AvgIpc) is 2.77. The van der Waals surface area contributed by atoms with Crippen molar-refractivity contribution in [2.45, 2.75) is 20.4 Å². The van der Waals surface area contributed by atoms with Crippen molar-refractivity contribution in [2.24, 2.45) is 5.73 Å². The van der Waals surface area contributed by atoms with Gasteiger partial charge in [0.2, 0.25) is 0 Å². The Balaban J connectivity index is 2.21. The maximum Gasteiger partial charge on any atom is 0.158 e. The molecule has 0 amide bonds. The van der Waals surface area contributed by atoms with E-state index in [-0.39, 0.29) is 0 Å². The van der Waals surface area contributed by atoms with Gasteiger partial charge in [0, 0.05) is 17.5 Å². The zero-order chi connectivity index (χ0) is 13.4. The summed E-state index contributed by atoms with van der Waals surface area (Å²) in [5.74, 6) is 0.767. The number of hydrogen-bond acceptors (Lipinski definition) is 4. The van der Waals surface area contributed by atoms with Gasteiger partial charge >= 0.3 is 0 Å². The molecule has 0 atom stereocenters. The van der Waals surface area contributed by atoms with E-state index in [0.717, 1.165) is 39.2 Å². The fourth-order valence-corrected chi connectivity index (χ4v) is 2.23. The predicted octanol–water partition coefficient (Wildman–Crippen LogP) is 2.97. The fraction of sp³-hybridized carbons (Fsp3) is 0.200. The van der Waals surface area contributed by atoms with Gasteiger partial charge in [-0.3, -0.25) is 0 Å². The molecule has 0 fully saturated rings. The summed E-state index contributed by atoms with van der Waals surface area (Å²) >= 11 is 0. The highest BCUT2D eigenvalue weighted by molar-refractivity contribution is 5.86. The lowest BCUT2D eigenvalue weighted by atomic mass is 10.1. The average molecular weight is 253 g/mol. The predicted molar refractivity (Wildman–Crippen MR) is 74.6 cm³/mol. The van der Waals surface area contributed by atoms with Crippen molar-refractivity contribution in [3.05, 3.63) is 47.2 Å². The number of hydrogen-bond donors (Lipinski definition) is 1. The van der Waals surface area contributed by atoms with Crippen LogP contribution >= 0.6 is 0 Å². The molecule has 0 aliphatic carbocycles. The van der Waals surface area contributed by atoms with Crippen LogP contribution in [0.3, 0.4) is 0 Å². The van der Waals surface area contributed by atoms with E-state index < -0.39 is 0 Å². The SMILES string of the molecule is Cc1nnc(-c2oc3ccccc3c2C)cc1CN. The molecule has 0 bridgehead atoms. The Hall–Kier alpha value is -2.20. The van der Waals surface area contributed by atoms with Crippen LogP contribution in [0.2, 0.25) is 0 Å². The van der Waals surface area contributed by atoms with E-state index in [2.05, 4.69) is 10.2 Å². The maximum atomic E-state index is 5.88. The molecule has 2 aromatic heterocycles. The van der Waals surface area contributed by atoms with Crippen molar-refractivity contribution >= 4 is 11.0 Å². The molecule has 0 radical (unpaired) electrons. The van der Waals surface area contributed by atoms with E-state index >= 15 is 0 Å². The fourth-order valence-electron chi connectivity index (χ4n) is 2.23. The number of nitrogens with two attached hydrogens (primary N) is 1. The Morgan fingerprint density at radius 3 is 2.68 bits per heavy atom. The molecule has 0 saturated carbocycles. The smallest absolute Gasteiger partial charge is 0.158 e. The standard InChI is InChI=1S/C15H15N3O/c1-9-12-5-3-4-6-14(12)19-15(9)13-7-11(8-16)10(2)17-18-13/h3-7H,8,16H2,1-2H3. The molecular weight excluding hydrogens is 238 g/mol. The zero-order valence-corrected chi connectivity index (χ0v) is 11.0. The van der Waals surface area contributed by atoms with E-state index in [1.807, 2.05) is 44.2 Å². The second-order valence-electron chi connectivity index (χ2n) is 4.60. The Bertz CT molecular complexity index is 746. The van der Waals surface area contributed by atoms with E-state index in [0.29, 0.717) is 6.54 Å². The first-order valence-electron chi connectivity index (χ1n) is 6.22. The monoisotopic (exact) mass is 253 g/mol. The van der Waals surface area contributed by atoms with Crippen LogP contribution in [0.1, 0.15) is 16.8 Å². The van der Waals surface area contributed by atoms with Gasteiger partial charge in [-0.15, -0.1) is 5.10 Å². The van der Waals surface area contributed by atoms with Gasteiger partial charge in [-0.25, -0.2) is 0 Å². The van der Waals surface area contributed by atoms with Gasteiger partial charge in [0.15, 0.2) is 5.76 Å². The maximum absolute atomic E-state index is 5.88. The summed E-state index contributed by atoms with van der Waals surface area (Å²) in [6.07, 6.45) is 0. The second kappa shape index (κ2) is 4.48. The molecule has 0 spiro atoms. The summed E-state index contributed by atoms with van der Waals surface area (Å²) in [5, 5.41) is 9.47. The molecule has 1 aromatic carbocycles. The molecule has 0 aliphatic rings. The third kappa shape index (κ3) is 1.90. The molecule has 0 aliphatic heterocycles. The number of para-hydroxylation sites is 1. The molecule has 0 unspecified atom stereocenters. The number of aromatic nitrogens is 2. The van der Waals surface area contributed by atoms with Gasteiger partial charge in [-0.05, 0) is 31.5 Å². The van der Waals surface area contributed by atoms with Crippen molar-refractivity contribution in [1.29, 1.82) is 0 Å². The second-order valence-corrected chi connectivity index (χ2v) is 4.60. The van der Waals surface area contributed by atoms with Crippen molar-refractivity contribution in [3.8, 4) is 11.5 Å². The third-order valence-corrected chi connectivity index (χ3v) is 3.38. The lowest BCUT2D eigenvalue weighted by Gasteiger charge is -2.03. The Morgan fingerprint density at radius 2 is 1.95 bits per heavy atom. The van der Waals surface area contributed by atoms with Crippen molar-refractivity contribution in [2.75, 3.05) is 0 Å². The first-order chi connectivity index (χ1) is 9.20. The Morgan fingerprint density at radius 1 is 1.16 bits per heavy atom. The molecular formula is C15H15N3O. The van der Waals surface area contributed by atoms with Crippen LogP contribution < -0.4 is 5.73 Å². The van der Waals surface area contributed by atoms with Crippen molar-refractivity contribution in [1.82, 2.24) is 10.2 Å². The van der Waals surface area contributed by atoms with Crippen molar-refractivity contribution < 1.29 is 4.42 Å². The number of benzene rings is 1. The quantitative estimate of drug-likeness (QED) is 0.762. The summed E-state index contributed by atoms with van der Waals surface area (Å²) in [4.78, 5) is 0. The van der Waals surface area contributed by atoms with Gasteiger partial charge in [0.05, 0.1) is 5.69 Å². The molecule has 3 rings (SSSR count). The van der Waals surface area contributed by atoms with E-state index in [4.69, 9.17) is 10.2 Å². The van der Waals surface area contributed by atoms with E-state index in [9.17, 15) is 0 Å². The molecule has 4 nitrogen and oxygen atoms in total. The molecule has 3 aromatic rings. The van der Waals surface area contributed by atoms with Crippen LogP contribution in [0.5, 0.6) is 0 Å². The van der Waals surface area contributed by atoms with Gasteiger partial charge in [0.1, 0.15) is 11.3 Å². The summed E-state index contributed by atoms with van der Waals surface area (Å²) < 4.78 is 5.88. The highest BCUT2D eigenvalue weighted by Gasteiger charge is 2.14. The highest BCUT2D eigenvalue weighted by atomic mass is 16.3. The molecule has 4 heteroatoms. The molecule has 2 heterocycles. The van der Waals surface area contributed by atoms with Crippen LogP contribution in [-0.4, -0.2) is 10.2 Å². The lowest BCUT2D eigenvalue weighted by molar-refractivity contribution is 0.624. The topological polar surface area (TPSA) is 64.9 Å². The first kappa shape index (κ1) is 11.9. The molecule has 0 saturated heterocycles. The van der Waals surface area contributed by atoms with Crippen LogP contribution in [0.4, 0.5) is 0 Å². The van der Waals surface area contributed by atoms with Crippen LogP contribution in [0.15, 0.2) is 34.7 Å². The minimum atomic E-state index is 0.452. The number of aryl methyl sites for hydroxylation is 2. The number of furan rings is 1. The lowest BCUT2D eigenvalue weighted by Crippen LogP contribution is -2.03. The minimum Gasteiger partial charge on any atom is -0.454 e. The van der Waals surface area contributed by atoms with Gasteiger partial charge in [0.25, 0.3) is 0 Å². The van der Waals surface area contributed by atoms with E-state index in [1.54, 1.807) is 0 Å². The third-order valence-electron chi connectivity index (χ3n) is 3.38. The Labute approximate surface area is 111 Å². The van der Waals surface area contributed by atoms with Crippen LogP contribution in [-0.2, 0) is 6.54 Å². The number of fused-ring (bicyclic) bond motifs is 1. The summed E-state index contributed by atoms with van der Waals surface area (Å²) in [6, 6.07) is 9.91. The normalized spacial score (nSPS) is 11.1. The largest absolute Gasteiger partial charge is 0.454 e. The zero-order valence-electron chi connectivity index (χ0n) is 11.0. The van der Waals surface area contributed by atoms with E-state index in [1.165, 1.54) is 0 Å². The summed E-state index contributed by atoms with van der Waals surface area (Å²) in [7, 11) is 0. The van der Waals surface area contributed by atoms with Crippen molar-refractivity contribution in [3.63, 3.8) is 0 Å². The molecule has 96 valence electrons. The minimum absolute atomic E-state index is 0.452. The van der Waals surface area contributed by atoms with Crippen LogP contribution in [0, 0.1) is 13.8 Å². The van der Waals surface area contributed by atoms with Gasteiger partial charge in [-0.1, -0.05) is 18.2 Å². The Kier molecular flexibility index (Phi) is 2.80. The van der Waals surface area contributed by atoms with Gasteiger partial charge in [-0.2, -0.15) is 5.10 Å².